The van der Waals surface area contributed by atoms with Crippen LogP contribution in [0.15, 0.2) is 18.2 Å². The van der Waals surface area contributed by atoms with Gasteiger partial charge in [-0.3, -0.25) is 0 Å². The fraction of sp³-hybridized carbons (Fsp3) is 0.625. The third-order valence-electron chi connectivity index (χ3n) is 4.14. The van der Waals surface area contributed by atoms with E-state index in [2.05, 4.69) is 24.8 Å². The number of nitrogens with zero attached hydrogens (tertiary/aromatic N) is 1. The van der Waals surface area contributed by atoms with Crippen LogP contribution < -0.4 is 10.6 Å². The molecule has 1 saturated heterocycles. The number of nitrogens with two attached hydrogens (primary N) is 1. The zero-order chi connectivity index (χ0) is 13.9. The SMILES string of the molecule is CC1(C)CCCN(c2c(Cl)cccc2CCN)CC1. The molecule has 0 amide bonds. The summed E-state index contributed by atoms with van der Waals surface area (Å²) in [5.41, 5.74) is 8.67. The Bertz CT molecular complexity index is 429. The molecule has 1 heterocycles. The monoisotopic (exact) mass is 280 g/mol. The van der Waals surface area contributed by atoms with Crippen LogP contribution in [-0.2, 0) is 6.42 Å². The molecular weight excluding hydrogens is 256 g/mol. The normalized spacial score (nSPS) is 19.3. The smallest absolute Gasteiger partial charge is 0.0642 e. The molecule has 1 fully saturated rings. The molecule has 2 rings (SSSR count). The topological polar surface area (TPSA) is 29.3 Å². The lowest BCUT2D eigenvalue weighted by atomic mass is 9.85. The molecule has 0 saturated carbocycles. The van der Waals surface area contributed by atoms with Gasteiger partial charge in [-0.15, -0.1) is 0 Å². The van der Waals surface area contributed by atoms with Crippen molar-refractivity contribution in [1.29, 1.82) is 0 Å². The zero-order valence-corrected chi connectivity index (χ0v) is 12.8. The summed E-state index contributed by atoms with van der Waals surface area (Å²) < 4.78 is 0. The number of para-hydroxylation sites is 1. The highest BCUT2D eigenvalue weighted by Crippen LogP contribution is 2.36. The number of hydrogen-bond donors (Lipinski definition) is 1. The van der Waals surface area contributed by atoms with Gasteiger partial charge in [-0.2, -0.15) is 0 Å². The molecule has 2 nitrogen and oxygen atoms in total. The van der Waals surface area contributed by atoms with Gasteiger partial charge in [-0.05, 0) is 49.3 Å². The summed E-state index contributed by atoms with van der Waals surface area (Å²) in [5, 5.41) is 0.866. The van der Waals surface area contributed by atoms with Gasteiger partial charge in [0.05, 0.1) is 10.7 Å². The maximum Gasteiger partial charge on any atom is 0.0642 e. The van der Waals surface area contributed by atoms with Crippen LogP contribution >= 0.6 is 11.6 Å². The van der Waals surface area contributed by atoms with Crippen molar-refractivity contribution in [2.75, 3.05) is 24.5 Å². The molecule has 3 heteroatoms. The first kappa shape index (κ1) is 14.7. The zero-order valence-electron chi connectivity index (χ0n) is 12.1. The highest BCUT2D eigenvalue weighted by molar-refractivity contribution is 6.33. The second-order valence-corrected chi connectivity index (χ2v) is 6.70. The molecule has 1 aliphatic rings. The van der Waals surface area contributed by atoms with Crippen LogP contribution in [0, 0.1) is 5.41 Å². The predicted molar refractivity (Wildman–Crippen MR) is 84.1 cm³/mol. The van der Waals surface area contributed by atoms with E-state index in [9.17, 15) is 0 Å². The van der Waals surface area contributed by atoms with Gasteiger partial charge in [0.15, 0.2) is 0 Å². The molecular formula is C16H25ClN2. The molecule has 0 radical (unpaired) electrons. The summed E-state index contributed by atoms with van der Waals surface area (Å²) in [6, 6.07) is 6.18. The lowest BCUT2D eigenvalue weighted by molar-refractivity contribution is 0.325. The largest absolute Gasteiger partial charge is 0.370 e. The van der Waals surface area contributed by atoms with Crippen LogP contribution in [0.5, 0.6) is 0 Å². The molecule has 0 aromatic heterocycles. The number of hydrogen-bond acceptors (Lipinski definition) is 2. The lowest BCUT2D eigenvalue weighted by Gasteiger charge is -2.27. The molecule has 0 aliphatic carbocycles. The van der Waals surface area contributed by atoms with Crippen molar-refractivity contribution in [2.24, 2.45) is 11.1 Å². The van der Waals surface area contributed by atoms with Crippen molar-refractivity contribution < 1.29 is 0 Å². The van der Waals surface area contributed by atoms with E-state index >= 15 is 0 Å². The molecule has 0 atom stereocenters. The van der Waals surface area contributed by atoms with E-state index in [1.807, 2.05) is 12.1 Å². The second kappa shape index (κ2) is 6.15. The molecule has 0 unspecified atom stereocenters. The first-order chi connectivity index (χ1) is 9.03. The Morgan fingerprint density at radius 3 is 2.79 bits per heavy atom. The fourth-order valence-electron chi connectivity index (χ4n) is 2.92. The van der Waals surface area contributed by atoms with E-state index in [0.29, 0.717) is 12.0 Å². The average molecular weight is 281 g/mol. The van der Waals surface area contributed by atoms with E-state index < -0.39 is 0 Å². The Morgan fingerprint density at radius 1 is 1.26 bits per heavy atom. The maximum atomic E-state index is 6.44. The summed E-state index contributed by atoms with van der Waals surface area (Å²) in [4.78, 5) is 2.46. The van der Waals surface area contributed by atoms with Crippen molar-refractivity contribution in [1.82, 2.24) is 0 Å². The predicted octanol–water partition coefficient (Wildman–Crippen LogP) is 3.86. The minimum Gasteiger partial charge on any atom is -0.370 e. The molecule has 19 heavy (non-hydrogen) atoms. The fourth-order valence-corrected chi connectivity index (χ4v) is 3.23. The molecule has 0 bridgehead atoms. The Hall–Kier alpha value is -0.730. The Morgan fingerprint density at radius 2 is 2.05 bits per heavy atom. The highest BCUT2D eigenvalue weighted by atomic mass is 35.5. The van der Waals surface area contributed by atoms with Crippen molar-refractivity contribution in [2.45, 2.75) is 39.5 Å². The quantitative estimate of drug-likeness (QED) is 0.911. The van der Waals surface area contributed by atoms with E-state index in [1.54, 1.807) is 0 Å². The van der Waals surface area contributed by atoms with E-state index in [0.717, 1.165) is 24.5 Å². The van der Waals surface area contributed by atoms with Gasteiger partial charge in [-0.1, -0.05) is 37.6 Å². The summed E-state index contributed by atoms with van der Waals surface area (Å²) >= 11 is 6.44. The van der Waals surface area contributed by atoms with Crippen LogP contribution in [0.1, 0.15) is 38.7 Å². The molecule has 106 valence electrons. The lowest BCUT2D eigenvalue weighted by Crippen LogP contribution is -2.26. The Kier molecular flexibility index (Phi) is 4.75. The van der Waals surface area contributed by atoms with Gasteiger partial charge in [0.25, 0.3) is 0 Å². The Labute approximate surface area is 121 Å². The van der Waals surface area contributed by atoms with E-state index in [-0.39, 0.29) is 0 Å². The standard InChI is InChI=1S/C16H25ClN2/c1-16(2)8-4-11-19(12-9-16)15-13(7-10-18)5-3-6-14(15)17/h3,5-6H,4,7-12,18H2,1-2H3. The number of rotatable bonds is 3. The summed E-state index contributed by atoms with van der Waals surface area (Å²) in [5.74, 6) is 0. The number of benzene rings is 1. The van der Waals surface area contributed by atoms with Crippen LogP contribution in [0.25, 0.3) is 0 Å². The minimum atomic E-state index is 0.448. The summed E-state index contributed by atoms with van der Waals surface area (Å²) in [6.45, 7) is 7.60. The summed E-state index contributed by atoms with van der Waals surface area (Å²) in [6.07, 6.45) is 4.65. The van der Waals surface area contributed by atoms with Gasteiger partial charge in [-0.25, -0.2) is 0 Å². The van der Waals surface area contributed by atoms with Crippen molar-refractivity contribution >= 4 is 17.3 Å². The first-order valence-electron chi connectivity index (χ1n) is 7.26. The molecule has 1 aliphatic heterocycles. The van der Waals surface area contributed by atoms with Crippen LogP contribution in [0.4, 0.5) is 5.69 Å². The van der Waals surface area contributed by atoms with Gasteiger partial charge < -0.3 is 10.6 Å². The molecule has 0 spiro atoms. The minimum absolute atomic E-state index is 0.448. The maximum absolute atomic E-state index is 6.44. The van der Waals surface area contributed by atoms with E-state index in [1.165, 1.54) is 30.5 Å². The van der Waals surface area contributed by atoms with Crippen molar-refractivity contribution in [3.05, 3.63) is 28.8 Å². The Balaban J connectivity index is 2.25. The third-order valence-corrected chi connectivity index (χ3v) is 4.45. The first-order valence-corrected chi connectivity index (χ1v) is 7.64. The van der Waals surface area contributed by atoms with Crippen molar-refractivity contribution in [3.63, 3.8) is 0 Å². The number of halogens is 1. The van der Waals surface area contributed by atoms with Crippen LogP contribution in [0.3, 0.4) is 0 Å². The van der Waals surface area contributed by atoms with E-state index in [4.69, 9.17) is 17.3 Å². The van der Waals surface area contributed by atoms with Gasteiger partial charge in [0, 0.05) is 13.1 Å². The average Bonchev–Trinajstić information content (AvgIpc) is 2.51. The van der Waals surface area contributed by atoms with Gasteiger partial charge in [0.2, 0.25) is 0 Å². The number of anilines is 1. The highest BCUT2D eigenvalue weighted by Gasteiger charge is 2.24. The summed E-state index contributed by atoms with van der Waals surface area (Å²) in [7, 11) is 0. The van der Waals surface area contributed by atoms with Crippen LogP contribution in [-0.4, -0.2) is 19.6 Å². The van der Waals surface area contributed by atoms with Gasteiger partial charge >= 0.3 is 0 Å². The molecule has 1 aromatic carbocycles. The molecule has 2 N–H and O–H groups in total. The van der Waals surface area contributed by atoms with Crippen LogP contribution in [0.2, 0.25) is 5.02 Å². The van der Waals surface area contributed by atoms with Gasteiger partial charge in [0.1, 0.15) is 0 Å². The third kappa shape index (κ3) is 3.64. The molecule has 1 aromatic rings. The second-order valence-electron chi connectivity index (χ2n) is 6.29. The van der Waals surface area contributed by atoms with Crippen molar-refractivity contribution in [3.8, 4) is 0 Å².